The van der Waals surface area contributed by atoms with E-state index in [2.05, 4.69) is 20.7 Å². The smallest absolute Gasteiger partial charge is 0.325 e. The van der Waals surface area contributed by atoms with Gasteiger partial charge in [-0.25, -0.2) is 14.5 Å². The van der Waals surface area contributed by atoms with Crippen LogP contribution in [0.3, 0.4) is 0 Å². The molecule has 0 spiro atoms. The minimum atomic E-state index is -1.20. The van der Waals surface area contributed by atoms with Crippen LogP contribution in [0.15, 0.2) is 67.3 Å². The van der Waals surface area contributed by atoms with Gasteiger partial charge in [0.2, 0.25) is 5.91 Å². The van der Waals surface area contributed by atoms with Gasteiger partial charge in [-0.05, 0) is 30.2 Å². The summed E-state index contributed by atoms with van der Waals surface area (Å²) in [6.45, 7) is 1.76. The Kier molecular flexibility index (Phi) is 5.01. The van der Waals surface area contributed by atoms with Crippen LogP contribution in [0, 0.1) is 0 Å². The Balaban J connectivity index is 1.43. The van der Waals surface area contributed by atoms with Crippen molar-refractivity contribution < 1.29 is 14.4 Å². The second-order valence-corrected chi connectivity index (χ2v) is 7.15. The number of imide groups is 1. The lowest BCUT2D eigenvalue weighted by atomic mass is 9.92. The summed E-state index contributed by atoms with van der Waals surface area (Å²) in [5.74, 6) is -0.928. The Hall–Kier alpha value is -4.01. The molecule has 1 atom stereocenters. The van der Waals surface area contributed by atoms with Crippen LogP contribution in [0.2, 0.25) is 0 Å². The lowest BCUT2D eigenvalue weighted by Crippen LogP contribution is -2.42. The molecule has 3 aromatic rings. The minimum absolute atomic E-state index is 0.375. The Morgan fingerprint density at radius 2 is 1.93 bits per heavy atom. The summed E-state index contributed by atoms with van der Waals surface area (Å²) >= 11 is 0. The molecule has 2 N–H and O–H groups in total. The maximum atomic E-state index is 12.9. The van der Waals surface area contributed by atoms with Crippen molar-refractivity contribution in [3.8, 4) is 0 Å². The second-order valence-electron chi connectivity index (χ2n) is 7.15. The van der Waals surface area contributed by atoms with E-state index in [1.54, 1.807) is 54.3 Å². The van der Waals surface area contributed by atoms with Gasteiger partial charge in [-0.2, -0.15) is 5.10 Å². The monoisotopic (exact) mass is 404 g/mol. The minimum Gasteiger partial charge on any atom is -0.325 e. The van der Waals surface area contributed by atoms with Crippen molar-refractivity contribution in [1.82, 2.24) is 25.0 Å². The number of nitrogens with one attached hydrogen (secondary N) is 2. The van der Waals surface area contributed by atoms with Gasteiger partial charge >= 0.3 is 6.03 Å². The molecule has 30 heavy (non-hydrogen) atoms. The zero-order chi connectivity index (χ0) is 21.1. The SMILES string of the molecule is C[C@]1(c2ccccc2)NC(=O)N(CC(=O)Nc2cccc(Cn3cncn3)c2)C1=O. The third kappa shape index (κ3) is 3.77. The molecule has 9 heteroatoms. The van der Waals surface area contributed by atoms with Crippen molar-refractivity contribution in [2.45, 2.75) is 19.0 Å². The number of hydrogen-bond donors (Lipinski definition) is 2. The number of rotatable bonds is 6. The third-order valence-corrected chi connectivity index (χ3v) is 4.95. The van der Waals surface area contributed by atoms with Gasteiger partial charge in [-0.1, -0.05) is 42.5 Å². The molecule has 0 aliphatic carbocycles. The first-order chi connectivity index (χ1) is 14.5. The molecule has 1 saturated heterocycles. The molecule has 152 valence electrons. The summed E-state index contributed by atoms with van der Waals surface area (Å²) in [6, 6.07) is 15.6. The first kappa shape index (κ1) is 19.3. The summed E-state index contributed by atoms with van der Waals surface area (Å²) in [7, 11) is 0. The standard InChI is InChI=1S/C21H20N6O3/c1-21(16-7-3-2-4-8-16)19(29)27(20(30)25-21)12-18(28)24-17-9-5-6-15(10-17)11-26-14-22-13-23-26/h2-10,13-14H,11-12H2,1H3,(H,24,28)(H,25,30)/t21-/m1/s1. The predicted molar refractivity (Wildman–Crippen MR) is 108 cm³/mol. The quantitative estimate of drug-likeness (QED) is 0.608. The van der Waals surface area contributed by atoms with Crippen LogP contribution < -0.4 is 10.6 Å². The van der Waals surface area contributed by atoms with E-state index in [4.69, 9.17) is 0 Å². The van der Waals surface area contributed by atoms with Gasteiger partial charge in [0.25, 0.3) is 5.91 Å². The second kappa shape index (κ2) is 7.78. The highest BCUT2D eigenvalue weighted by atomic mass is 16.2. The Morgan fingerprint density at radius 1 is 1.13 bits per heavy atom. The van der Waals surface area contributed by atoms with E-state index in [9.17, 15) is 14.4 Å². The highest BCUT2D eigenvalue weighted by Gasteiger charge is 2.49. The molecule has 4 rings (SSSR count). The van der Waals surface area contributed by atoms with Gasteiger partial charge in [0.1, 0.15) is 24.7 Å². The maximum absolute atomic E-state index is 12.9. The van der Waals surface area contributed by atoms with Crippen LogP contribution in [-0.4, -0.2) is 44.1 Å². The summed E-state index contributed by atoms with van der Waals surface area (Å²) in [5, 5.41) is 9.49. The van der Waals surface area contributed by atoms with E-state index in [0.717, 1.165) is 10.5 Å². The molecular formula is C21H20N6O3. The molecule has 0 radical (unpaired) electrons. The lowest BCUT2D eigenvalue weighted by Gasteiger charge is -2.22. The lowest BCUT2D eigenvalue weighted by molar-refractivity contribution is -0.133. The largest absolute Gasteiger partial charge is 0.325 e. The molecular weight excluding hydrogens is 384 g/mol. The van der Waals surface area contributed by atoms with Crippen LogP contribution >= 0.6 is 0 Å². The van der Waals surface area contributed by atoms with Gasteiger partial charge in [-0.15, -0.1) is 0 Å². The molecule has 1 aromatic heterocycles. The van der Waals surface area contributed by atoms with E-state index in [1.165, 1.54) is 6.33 Å². The number of urea groups is 1. The van der Waals surface area contributed by atoms with Gasteiger partial charge < -0.3 is 10.6 Å². The van der Waals surface area contributed by atoms with E-state index < -0.39 is 23.4 Å². The fourth-order valence-electron chi connectivity index (χ4n) is 3.40. The molecule has 1 aliphatic rings. The number of carbonyl (C=O) groups is 3. The van der Waals surface area contributed by atoms with Crippen molar-refractivity contribution >= 4 is 23.5 Å². The van der Waals surface area contributed by atoms with Gasteiger partial charge in [-0.3, -0.25) is 14.5 Å². The average Bonchev–Trinajstić information content (AvgIpc) is 3.32. The van der Waals surface area contributed by atoms with Crippen LogP contribution in [0.4, 0.5) is 10.5 Å². The van der Waals surface area contributed by atoms with Crippen molar-refractivity contribution in [1.29, 1.82) is 0 Å². The topological polar surface area (TPSA) is 109 Å². The molecule has 1 fully saturated rings. The highest BCUT2D eigenvalue weighted by Crippen LogP contribution is 2.28. The number of aromatic nitrogens is 3. The number of nitrogens with zero attached hydrogens (tertiary/aromatic N) is 4. The van der Waals surface area contributed by atoms with E-state index in [1.807, 2.05) is 18.2 Å². The van der Waals surface area contributed by atoms with Crippen LogP contribution in [-0.2, 0) is 21.7 Å². The number of amides is 4. The van der Waals surface area contributed by atoms with E-state index in [0.29, 0.717) is 17.8 Å². The zero-order valence-electron chi connectivity index (χ0n) is 16.3. The van der Waals surface area contributed by atoms with E-state index >= 15 is 0 Å². The van der Waals surface area contributed by atoms with Crippen LogP contribution in [0.25, 0.3) is 0 Å². The normalized spacial score (nSPS) is 18.4. The summed E-state index contributed by atoms with van der Waals surface area (Å²) in [6.07, 6.45) is 3.06. The Bertz CT molecular complexity index is 1080. The molecule has 4 amide bonds. The maximum Gasteiger partial charge on any atom is 0.325 e. The number of hydrogen-bond acceptors (Lipinski definition) is 5. The molecule has 0 bridgehead atoms. The molecule has 9 nitrogen and oxygen atoms in total. The Morgan fingerprint density at radius 3 is 2.67 bits per heavy atom. The number of benzene rings is 2. The summed E-state index contributed by atoms with van der Waals surface area (Å²) in [4.78, 5) is 42.7. The predicted octanol–water partition coefficient (Wildman–Crippen LogP) is 1.73. The first-order valence-electron chi connectivity index (χ1n) is 9.36. The molecule has 2 heterocycles. The summed E-state index contributed by atoms with van der Waals surface area (Å²) in [5.41, 5.74) is 0.948. The van der Waals surface area contributed by atoms with Gasteiger partial charge in [0.05, 0.1) is 6.54 Å². The van der Waals surface area contributed by atoms with Gasteiger partial charge in [0.15, 0.2) is 0 Å². The molecule has 0 saturated carbocycles. The fraction of sp³-hybridized carbons (Fsp3) is 0.190. The molecule has 0 unspecified atom stereocenters. The van der Waals surface area contributed by atoms with Crippen LogP contribution in [0.5, 0.6) is 0 Å². The highest BCUT2D eigenvalue weighted by molar-refractivity contribution is 6.10. The summed E-state index contributed by atoms with van der Waals surface area (Å²) < 4.78 is 1.67. The zero-order valence-corrected chi connectivity index (χ0v) is 16.3. The molecule has 2 aromatic carbocycles. The van der Waals surface area contributed by atoms with E-state index in [-0.39, 0.29) is 6.54 Å². The average molecular weight is 404 g/mol. The third-order valence-electron chi connectivity index (χ3n) is 4.95. The van der Waals surface area contributed by atoms with Crippen molar-refractivity contribution in [2.24, 2.45) is 0 Å². The van der Waals surface area contributed by atoms with Crippen molar-refractivity contribution in [2.75, 3.05) is 11.9 Å². The fourth-order valence-corrected chi connectivity index (χ4v) is 3.40. The van der Waals surface area contributed by atoms with Crippen molar-refractivity contribution in [3.63, 3.8) is 0 Å². The van der Waals surface area contributed by atoms with Crippen molar-refractivity contribution in [3.05, 3.63) is 78.4 Å². The Labute approximate surface area is 172 Å². The van der Waals surface area contributed by atoms with Crippen LogP contribution in [0.1, 0.15) is 18.1 Å². The number of carbonyl (C=O) groups excluding carboxylic acids is 3. The van der Waals surface area contributed by atoms with Gasteiger partial charge in [0, 0.05) is 5.69 Å². The molecule has 1 aliphatic heterocycles. The first-order valence-corrected chi connectivity index (χ1v) is 9.36. The number of anilines is 1.